The van der Waals surface area contributed by atoms with Crippen LogP contribution in [0.3, 0.4) is 0 Å². The molecule has 3 aromatic rings. The van der Waals surface area contributed by atoms with Crippen LogP contribution in [0.2, 0.25) is 0 Å². The fraction of sp³-hybridized carbons (Fsp3) is 0.440. The standard InChI is InChI=1S/C25H31NO4S/c1-16-7-6-8-22-20(16)12-18(26-22)14-25(4,27)15-24(2,3)21-13-19(31(5,28)29)11-17-9-10-30-23(17)21/h6-8,11-13,26-27H,9-10,14-15H2,1-5H3. The average Bonchev–Trinajstić information content (AvgIpc) is 3.25. The SMILES string of the molecule is Cc1cccc2[nH]c(CC(C)(O)CC(C)(C)c3cc(S(C)(=O)=O)cc4c3OCC4)cc12. The second-order valence-electron chi connectivity index (χ2n) is 9.89. The molecule has 0 spiro atoms. The lowest BCUT2D eigenvalue weighted by Gasteiger charge is -2.35. The van der Waals surface area contributed by atoms with Gasteiger partial charge in [-0.25, -0.2) is 8.42 Å². The van der Waals surface area contributed by atoms with E-state index in [1.165, 1.54) is 17.2 Å². The van der Waals surface area contributed by atoms with Crippen LogP contribution in [0.15, 0.2) is 41.3 Å². The molecule has 1 aliphatic heterocycles. The summed E-state index contributed by atoms with van der Waals surface area (Å²) in [5.74, 6) is 0.773. The van der Waals surface area contributed by atoms with Crippen LogP contribution in [0.1, 0.15) is 49.6 Å². The topological polar surface area (TPSA) is 79.4 Å². The van der Waals surface area contributed by atoms with Crippen molar-refractivity contribution < 1.29 is 18.3 Å². The number of aromatic amines is 1. The summed E-state index contributed by atoms with van der Waals surface area (Å²) >= 11 is 0. The molecule has 0 radical (unpaired) electrons. The summed E-state index contributed by atoms with van der Waals surface area (Å²) < 4.78 is 30.4. The number of fused-ring (bicyclic) bond motifs is 2. The number of benzene rings is 2. The Hall–Kier alpha value is -2.31. The van der Waals surface area contributed by atoms with E-state index in [1.807, 2.05) is 32.9 Å². The first-order valence-electron chi connectivity index (χ1n) is 10.7. The van der Waals surface area contributed by atoms with E-state index >= 15 is 0 Å². The van der Waals surface area contributed by atoms with E-state index in [-0.39, 0.29) is 0 Å². The Bertz CT molecular complexity index is 1250. The van der Waals surface area contributed by atoms with Gasteiger partial charge < -0.3 is 14.8 Å². The van der Waals surface area contributed by atoms with Crippen LogP contribution >= 0.6 is 0 Å². The van der Waals surface area contributed by atoms with Gasteiger partial charge in [0.2, 0.25) is 0 Å². The molecule has 31 heavy (non-hydrogen) atoms. The highest BCUT2D eigenvalue weighted by Gasteiger charge is 2.36. The minimum absolute atomic E-state index is 0.311. The van der Waals surface area contributed by atoms with Crippen molar-refractivity contribution in [2.45, 2.75) is 62.9 Å². The smallest absolute Gasteiger partial charge is 0.175 e. The van der Waals surface area contributed by atoms with E-state index in [2.05, 4.69) is 24.0 Å². The van der Waals surface area contributed by atoms with Gasteiger partial charge >= 0.3 is 0 Å². The monoisotopic (exact) mass is 441 g/mol. The van der Waals surface area contributed by atoms with Crippen molar-refractivity contribution >= 4 is 20.7 Å². The van der Waals surface area contributed by atoms with Gasteiger partial charge in [-0.1, -0.05) is 26.0 Å². The summed E-state index contributed by atoms with van der Waals surface area (Å²) in [4.78, 5) is 3.74. The predicted octanol–water partition coefficient (Wildman–Crippen LogP) is 4.48. The van der Waals surface area contributed by atoms with Gasteiger partial charge in [0.15, 0.2) is 9.84 Å². The molecule has 2 aromatic carbocycles. The van der Waals surface area contributed by atoms with E-state index in [9.17, 15) is 13.5 Å². The van der Waals surface area contributed by atoms with Gasteiger partial charge in [-0.2, -0.15) is 0 Å². The average molecular weight is 442 g/mol. The molecular weight excluding hydrogens is 410 g/mol. The van der Waals surface area contributed by atoms with E-state index in [0.717, 1.165) is 28.1 Å². The summed E-state index contributed by atoms with van der Waals surface area (Å²) in [6.07, 6.45) is 2.86. The molecule has 4 rings (SSSR count). The summed E-state index contributed by atoms with van der Waals surface area (Å²) in [5.41, 5.74) is 3.54. The third-order valence-corrected chi connectivity index (χ3v) is 7.34. The molecule has 6 heteroatoms. The fourth-order valence-corrected chi connectivity index (χ4v) is 5.66. The maximum Gasteiger partial charge on any atom is 0.175 e. The Morgan fingerprint density at radius 1 is 1.16 bits per heavy atom. The lowest BCUT2D eigenvalue weighted by molar-refractivity contribution is 0.0305. The minimum atomic E-state index is -3.34. The van der Waals surface area contributed by atoms with E-state index in [4.69, 9.17) is 4.74 Å². The van der Waals surface area contributed by atoms with Crippen molar-refractivity contribution in [1.82, 2.24) is 4.98 Å². The molecule has 166 valence electrons. The zero-order valence-electron chi connectivity index (χ0n) is 18.9. The molecule has 1 aliphatic rings. The molecule has 1 unspecified atom stereocenters. The van der Waals surface area contributed by atoms with Crippen molar-refractivity contribution in [2.24, 2.45) is 0 Å². The van der Waals surface area contributed by atoms with Crippen LogP contribution in [0.4, 0.5) is 0 Å². The van der Waals surface area contributed by atoms with Crippen LogP contribution in [-0.4, -0.2) is 37.0 Å². The first-order valence-corrected chi connectivity index (χ1v) is 12.5. The summed E-state index contributed by atoms with van der Waals surface area (Å²) in [6, 6.07) is 11.7. The molecule has 0 aliphatic carbocycles. The highest BCUT2D eigenvalue weighted by molar-refractivity contribution is 7.90. The van der Waals surface area contributed by atoms with E-state index in [1.54, 1.807) is 12.1 Å². The Labute approximate surface area is 184 Å². The van der Waals surface area contributed by atoms with Gasteiger partial charge in [0.25, 0.3) is 0 Å². The number of hydrogen-bond donors (Lipinski definition) is 2. The Morgan fingerprint density at radius 3 is 2.58 bits per heavy atom. The second kappa shape index (κ2) is 7.38. The molecule has 0 saturated heterocycles. The van der Waals surface area contributed by atoms with Crippen molar-refractivity contribution in [1.29, 1.82) is 0 Å². The Balaban J connectivity index is 1.66. The molecule has 0 fully saturated rings. The first kappa shape index (κ1) is 21.9. The van der Waals surface area contributed by atoms with Gasteiger partial charge in [0, 0.05) is 41.3 Å². The van der Waals surface area contributed by atoms with E-state index < -0.39 is 20.9 Å². The molecule has 2 N–H and O–H groups in total. The zero-order valence-corrected chi connectivity index (χ0v) is 19.7. The molecule has 1 atom stereocenters. The van der Waals surface area contributed by atoms with Crippen LogP contribution in [0.5, 0.6) is 5.75 Å². The van der Waals surface area contributed by atoms with E-state index in [0.29, 0.717) is 30.8 Å². The molecule has 5 nitrogen and oxygen atoms in total. The number of nitrogens with one attached hydrogen (secondary N) is 1. The molecule has 1 aromatic heterocycles. The number of aliphatic hydroxyl groups is 1. The summed E-state index contributed by atoms with van der Waals surface area (Å²) in [7, 11) is -3.34. The molecular formula is C25H31NO4S. The van der Waals surface area contributed by atoms with Crippen molar-refractivity contribution in [3.8, 4) is 5.75 Å². The number of hydrogen-bond acceptors (Lipinski definition) is 4. The quantitative estimate of drug-likeness (QED) is 0.591. The summed E-state index contributed by atoms with van der Waals surface area (Å²) in [6.45, 7) is 8.56. The normalized spacial score (nSPS) is 16.2. The van der Waals surface area contributed by atoms with Crippen LogP contribution < -0.4 is 4.74 Å². The number of ether oxygens (including phenoxy) is 1. The second-order valence-corrected chi connectivity index (χ2v) is 11.9. The van der Waals surface area contributed by atoms with Crippen molar-refractivity contribution in [2.75, 3.05) is 12.9 Å². The van der Waals surface area contributed by atoms with Gasteiger partial charge in [0.1, 0.15) is 5.75 Å². The van der Waals surface area contributed by atoms with Gasteiger partial charge in [0.05, 0.1) is 17.1 Å². The highest BCUT2D eigenvalue weighted by atomic mass is 32.2. The maximum absolute atomic E-state index is 12.3. The number of aromatic nitrogens is 1. The van der Waals surface area contributed by atoms with Crippen LogP contribution in [0, 0.1) is 6.92 Å². The lowest BCUT2D eigenvalue weighted by Crippen LogP contribution is -2.36. The predicted molar refractivity (Wildman–Crippen MR) is 124 cm³/mol. The number of aryl methyl sites for hydroxylation is 1. The molecule has 0 amide bonds. The number of sulfone groups is 1. The lowest BCUT2D eigenvalue weighted by atomic mass is 9.74. The van der Waals surface area contributed by atoms with Crippen LogP contribution in [-0.2, 0) is 28.1 Å². The molecule has 0 bridgehead atoms. The molecule has 0 saturated carbocycles. The third kappa shape index (κ3) is 4.37. The first-order chi connectivity index (χ1) is 14.4. The highest BCUT2D eigenvalue weighted by Crippen LogP contribution is 2.43. The molecule has 2 heterocycles. The zero-order chi connectivity index (χ0) is 22.6. The third-order valence-electron chi connectivity index (χ3n) is 6.25. The van der Waals surface area contributed by atoms with Gasteiger partial charge in [-0.3, -0.25) is 0 Å². The maximum atomic E-state index is 12.3. The van der Waals surface area contributed by atoms with Crippen molar-refractivity contribution in [3.05, 3.63) is 58.8 Å². The van der Waals surface area contributed by atoms with Gasteiger partial charge in [-0.15, -0.1) is 0 Å². The largest absolute Gasteiger partial charge is 0.493 e. The van der Waals surface area contributed by atoms with Crippen LogP contribution in [0.25, 0.3) is 10.9 Å². The Kier molecular flexibility index (Phi) is 5.22. The van der Waals surface area contributed by atoms with Gasteiger partial charge in [-0.05, 0) is 61.1 Å². The summed E-state index contributed by atoms with van der Waals surface area (Å²) in [5, 5.41) is 12.5. The number of H-pyrrole nitrogens is 1. The van der Waals surface area contributed by atoms with Crippen molar-refractivity contribution in [3.63, 3.8) is 0 Å². The minimum Gasteiger partial charge on any atom is -0.493 e. The fourth-order valence-electron chi connectivity index (χ4n) is 4.98. The Morgan fingerprint density at radius 2 is 1.90 bits per heavy atom. The number of rotatable bonds is 6.